The smallest absolute Gasteiger partial charge is 0.323 e. The highest BCUT2D eigenvalue weighted by molar-refractivity contribution is 6.00. The Morgan fingerprint density at radius 2 is 1.58 bits per heavy atom. The summed E-state index contributed by atoms with van der Waals surface area (Å²) in [6.07, 6.45) is 4.09. The van der Waals surface area contributed by atoms with Crippen molar-refractivity contribution in [1.82, 2.24) is 20.2 Å². The van der Waals surface area contributed by atoms with Gasteiger partial charge in [0.15, 0.2) is 17.3 Å². The van der Waals surface area contributed by atoms with Crippen LogP contribution in [0.15, 0.2) is 60.8 Å². The number of carbonyl (C=O) groups excluding carboxylic acids is 1. The highest BCUT2D eigenvalue weighted by Gasteiger charge is 2.25. The first-order valence-electron chi connectivity index (χ1n) is 11.7. The Hall–Kier alpha value is -4.80. The van der Waals surface area contributed by atoms with Gasteiger partial charge in [-0.15, -0.1) is 0 Å². The van der Waals surface area contributed by atoms with E-state index in [9.17, 15) is 4.79 Å². The van der Waals surface area contributed by atoms with Crippen molar-refractivity contribution in [3.63, 3.8) is 0 Å². The van der Waals surface area contributed by atoms with Gasteiger partial charge in [0.1, 0.15) is 19.0 Å². The lowest BCUT2D eigenvalue weighted by Gasteiger charge is -2.19. The highest BCUT2D eigenvalue weighted by atomic mass is 16.6. The van der Waals surface area contributed by atoms with Crippen LogP contribution in [0.5, 0.6) is 11.5 Å². The van der Waals surface area contributed by atoms with Crippen LogP contribution in [0.1, 0.15) is 24.5 Å². The third-order valence-electron chi connectivity index (χ3n) is 5.73. The second kappa shape index (κ2) is 9.45. The van der Waals surface area contributed by atoms with E-state index in [4.69, 9.17) is 9.47 Å². The van der Waals surface area contributed by atoms with Gasteiger partial charge in [-0.3, -0.25) is 5.10 Å². The van der Waals surface area contributed by atoms with E-state index < -0.39 is 0 Å². The van der Waals surface area contributed by atoms with Gasteiger partial charge in [-0.2, -0.15) is 10.1 Å². The fourth-order valence-electron chi connectivity index (χ4n) is 3.80. The van der Waals surface area contributed by atoms with Crippen LogP contribution in [0.3, 0.4) is 0 Å². The number of anilines is 6. The summed E-state index contributed by atoms with van der Waals surface area (Å²) in [6, 6.07) is 16.0. The molecule has 2 aliphatic rings. The number of hydrogen-bond acceptors (Lipinski definition) is 8. The predicted octanol–water partition coefficient (Wildman–Crippen LogP) is 4.98. The first kappa shape index (κ1) is 21.7. The maximum atomic E-state index is 12.4. The minimum atomic E-state index is -0.363. The van der Waals surface area contributed by atoms with Crippen molar-refractivity contribution in [2.75, 3.05) is 34.5 Å². The van der Waals surface area contributed by atoms with Crippen LogP contribution in [0, 0.1) is 0 Å². The van der Waals surface area contributed by atoms with Gasteiger partial charge in [0.05, 0.1) is 0 Å². The van der Waals surface area contributed by atoms with Crippen molar-refractivity contribution in [1.29, 1.82) is 0 Å². The largest absolute Gasteiger partial charge is 0.486 e. The maximum Gasteiger partial charge on any atom is 0.323 e. The number of hydrogen-bond donors (Lipinski definition) is 5. The molecular formula is C25H24N8O3. The number of amides is 2. The molecule has 182 valence electrons. The number of aromatic nitrogens is 4. The van der Waals surface area contributed by atoms with Crippen LogP contribution in [-0.2, 0) is 0 Å². The van der Waals surface area contributed by atoms with Crippen LogP contribution in [0.2, 0.25) is 0 Å². The van der Waals surface area contributed by atoms with E-state index in [0.717, 1.165) is 17.2 Å². The number of urea groups is 1. The average Bonchev–Trinajstić information content (AvgIpc) is 3.64. The predicted molar refractivity (Wildman–Crippen MR) is 136 cm³/mol. The topological polar surface area (TPSA) is 138 Å². The summed E-state index contributed by atoms with van der Waals surface area (Å²) in [5.41, 5.74) is 3.18. The van der Waals surface area contributed by atoms with Gasteiger partial charge in [0, 0.05) is 47.0 Å². The van der Waals surface area contributed by atoms with E-state index in [1.165, 1.54) is 12.8 Å². The Kier molecular flexibility index (Phi) is 5.70. The highest BCUT2D eigenvalue weighted by Crippen LogP contribution is 2.39. The molecule has 3 heterocycles. The maximum absolute atomic E-state index is 12.4. The molecule has 1 fully saturated rings. The normalized spacial score (nSPS) is 14.1. The fourth-order valence-corrected chi connectivity index (χ4v) is 3.80. The number of nitrogens with one attached hydrogen (secondary N) is 5. The number of rotatable bonds is 7. The number of H-pyrrole nitrogens is 1. The third kappa shape index (κ3) is 5.14. The van der Waals surface area contributed by atoms with Crippen molar-refractivity contribution in [3.8, 4) is 11.5 Å². The minimum absolute atomic E-state index is 0.363. The third-order valence-corrected chi connectivity index (χ3v) is 5.73. The zero-order valence-corrected chi connectivity index (χ0v) is 19.2. The molecule has 1 saturated carbocycles. The first-order chi connectivity index (χ1) is 17.7. The van der Waals surface area contributed by atoms with Crippen LogP contribution in [0.25, 0.3) is 0 Å². The molecule has 2 aromatic carbocycles. The van der Waals surface area contributed by atoms with E-state index in [2.05, 4.69) is 41.4 Å². The van der Waals surface area contributed by atoms with Crippen molar-refractivity contribution in [3.05, 3.63) is 66.5 Å². The molecule has 36 heavy (non-hydrogen) atoms. The molecule has 1 aliphatic carbocycles. The van der Waals surface area contributed by atoms with Gasteiger partial charge in [-0.25, -0.2) is 9.78 Å². The zero-order chi connectivity index (χ0) is 24.3. The van der Waals surface area contributed by atoms with E-state index >= 15 is 0 Å². The Labute approximate surface area is 206 Å². The molecule has 5 N–H and O–H groups in total. The molecule has 0 radical (unpaired) electrons. The summed E-state index contributed by atoms with van der Waals surface area (Å²) in [4.78, 5) is 21.2. The number of fused-ring (bicyclic) bond motifs is 1. The molecule has 2 aromatic heterocycles. The molecule has 1 aliphatic heterocycles. The van der Waals surface area contributed by atoms with Gasteiger partial charge in [-0.05, 0) is 55.3 Å². The molecule has 2 amide bonds. The second-order valence-electron chi connectivity index (χ2n) is 8.51. The molecule has 0 saturated heterocycles. The first-order valence-corrected chi connectivity index (χ1v) is 11.7. The SMILES string of the molecule is O=C(Nc1ccc(Nc2nccc(Nc3cc(C4CC4)[nH]n3)n2)cc1)Nc1ccc2c(c1)OCCO2. The number of nitrogens with zero attached hydrogens (tertiary/aromatic N) is 3. The zero-order valence-electron chi connectivity index (χ0n) is 19.2. The molecule has 6 rings (SSSR count). The Bertz CT molecular complexity index is 1380. The van der Waals surface area contributed by atoms with E-state index in [1.54, 1.807) is 42.6 Å². The summed E-state index contributed by atoms with van der Waals surface area (Å²) in [5.74, 6) is 3.69. The average molecular weight is 485 g/mol. The van der Waals surface area contributed by atoms with E-state index in [-0.39, 0.29) is 6.03 Å². The second-order valence-corrected chi connectivity index (χ2v) is 8.51. The van der Waals surface area contributed by atoms with Crippen molar-refractivity contribution in [2.24, 2.45) is 0 Å². The van der Waals surface area contributed by atoms with Crippen LogP contribution < -0.4 is 30.7 Å². The summed E-state index contributed by atoms with van der Waals surface area (Å²) < 4.78 is 11.1. The van der Waals surface area contributed by atoms with Gasteiger partial charge in [0.2, 0.25) is 5.95 Å². The van der Waals surface area contributed by atoms with Gasteiger partial charge in [0.25, 0.3) is 0 Å². The summed E-state index contributed by atoms with van der Waals surface area (Å²) >= 11 is 0. The summed E-state index contributed by atoms with van der Waals surface area (Å²) in [6.45, 7) is 1.01. The Morgan fingerprint density at radius 3 is 2.42 bits per heavy atom. The quantitative estimate of drug-likeness (QED) is 0.248. The van der Waals surface area contributed by atoms with Gasteiger partial charge in [-0.1, -0.05) is 0 Å². The molecule has 11 nitrogen and oxygen atoms in total. The van der Waals surface area contributed by atoms with Gasteiger partial charge < -0.3 is 30.7 Å². The molecule has 0 spiro atoms. The lowest BCUT2D eigenvalue weighted by atomic mass is 10.2. The Morgan fingerprint density at radius 1 is 0.833 bits per heavy atom. The van der Waals surface area contributed by atoms with Gasteiger partial charge >= 0.3 is 6.03 Å². The number of carbonyl (C=O) groups is 1. The van der Waals surface area contributed by atoms with Crippen molar-refractivity contribution in [2.45, 2.75) is 18.8 Å². The summed E-state index contributed by atoms with van der Waals surface area (Å²) in [5, 5.41) is 19.3. The minimum Gasteiger partial charge on any atom is -0.486 e. The van der Waals surface area contributed by atoms with E-state index in [0.29, 0.717) is 53.8 Å². The standard InChI is InChI=1S/C25H24N8O3/c34-25(29-18-7-8-20-21(13-18)36-12-11-35-20)28-17-5-3-16(4-6-17)27-24-26-10-9-22(31-24)30-23-14-19(32-33-23)15-1-2-15/h3-10,13-15H,1-2,11-12H2,(H2,28,29,34)(H3,26,27,30,31,32,33). The molecule has 11 heteroatoms. The van der Waals surface area contributed by atoms with Crippen LogP contribution in [0.4, 0.5) is 39.4 Å². The lowest BCUT2D eigenvalue weighted by Crippen LogP contribution is -2.20. The molecular weight excluding hydrogens is 460 g/mol. The number of aromatic amines is 1. The fraction of sp³-hybridized carbons (Fsp3) is 0.200. The molecule has 0 atom stereocenters. The number of benzene rings is 2. The van der Waals surface area contributed by atoms with E-state index in [1.807, 2.05) is 18.2 Å². The van der Waals surface area contributed by atoms with Crippen LogP contribution in [-0.4, -0.2) is 39.4 Å². The van der Waals surface area contributed by atoms with Crippen molar-refractivity contribution >= 4 is 40.7 Å². The molecule has 4 aromatic rings. The number of ether oxygens (including phenoxy) is 2. The monoisotopic (exact) mass is 484 g/mol. The summed E-state index contributed by atoms with van der Waals surface area (Å²) in [7, 11) is 0. The molecule has 0 unspecified atom stereocenters. The Balaban J connectivity index is 1.04. The van der Waals surface area contributed by atoms with Crippen molar-refractivity contribution < 1.29 is 14.3 Å². The lowest BCUT2D eigenvalue weighted by molar-refractivity contribution is 0.171. The van der Waals surface area contributed by atoms with Crippen LogP contribution >= 0.6 is 0 Å². The molecule has 0 bridgehead atoms.